The number of nitrogens with zero attached hydrogens (tertiary/aromatic N) is 2. The van der Waals surface area contributed by atoms with E-state index >= 15 is 0 Å². The Balaban J connectivity index is 2.45. The van der Waals surface area contributed by atoms with Gasteiger partial charge in [-0.2, -0.15) is 0 Å². The molecule has 1 aliphatic rings. The van der Waals surface area contributed by atoms with Gasteiger partial charge in [0.05, 0.1) is 5.69 Å². The lowest BCUT2D eigenvalue weighted by Crippen LogP contribution is -2.34. The Kier molecular flexibility index (Phi) is 4.09. The Hall–Kier alpha value is -1.10. The third-order valence-electron chi connectivity index (χ3n) is 4.00. The zero-order valence-corrected chi connectivity index (χ0v) is 13.8. The van der Waals surface area contributed by atoms with Crippen molar-refractivity contribution in [2.45, 2.75) is 71.4 Å². The van der Waals surface area contributed by atoms with E-state index in [1.165, 1.54) is 17.8 Å². The first-order valence-electron chi connectivity index (χ1n) is 7.28. The average Bonchev–Trinajstić information content (AvgIpc) is 2.91. The summed E-state index contributed by atoms with van der Waals surface area (Å²) in [5, 5.41) is 10.3. The second kappa shape index (κ2) is 5.35. The molecule has 0 amide bonds. The molecule has 1 N–H and O–H groups in total. The van der Waals surface area contributed by atoms with E-state index in [0.29, 0.717) is 22.7 Å². The van der Waals surface area contributed by atoms with Crippen LogP contribution in [-0.4, -0.2) is 28.1 Å². The molecule has 5 heteroatoms. The summed E-state index contributed by atoms with van der Waals surface area (Å²) in [5.74, 6) is -0.862. The molecular formula is C15H24N2O2S. The van der Waals surface area contributed by atoms with E-state index < -0.39 is 5.97 Å². The molecular weight excluding hydrogens is 272 g/mol. The van der Waals surface area contributed by atoms with Crippen LogP contribution in [0.1, 0.15) is 69.2 Å². The molecule has 1 fully saturated rings. The molecule has 1 aromatic heterocycles. The molecule has 2 heterocycles. The molecule has 0 aliphatic carbocycles. The molecule has 1 aromatic rings. The molecule has 0 spiro atoms. The lowest BCUT2D eigenvalue weighted by molar-refractivity contribution is 0.0699. The number of aromatic nitrogens is 1. The van der Waals surface area contributed by atoms with E-state index in [1.807, 2.05) is 20.8 Å². The van der Waals surface area contributed by atoms with Gasteiger partial charge in [0.2, 0.25) is 0 Å². The number of hydrogen-bond donors (Lipinski definition) is 1. The number of hydrogen-bond acceptors (Lipinski definition) is 4. The van der Waals surface area contributed by atoms with Gasteiger partial charge >= 0.3 is 5.97 Å². The van der Waals surface area contributed by atoms with Gasteiger partial charge in [0.1, 0.15) is 4.88 Å². The number of aromatic carboxylic acids is 1. The fourth-order valence-corrected chi connectivity index (χ4v) is 4.18. The smallest absolute Gasteiger partial charge is 0.347 e. The Labute approximate surface area is 124 Å². The zero-order chi connectivity index (χ0) is 15.1. The largest absolute Gasteiger partial charge is 0.477 e. The third kappa shape index (κ3) is 2.68. The second-order valence-corrected chi connectivity index (χ2v) is 7.60. The van der Waals surface area contributed by atoms with Crippen LogP contribution in [0, 0.1) is 0 Å². The maximum Gasteiger partial charge on any atom is 0.347 e. The summed E-state index contributed by atoms with van der Waals surface area (Å²) in [4.78, 5) is 18.9. The topological polar surface area (TPSA) is 53.4 Å². The van der Waals surface area contributed by atoms with Crippen molar-refractivity contribution < 1.29 is 9.90 Å². The molecule has 2 atom stereocenters. The van der Waals surface area contributed by atoms with Crippen molar-refractivity contribution in [3.63, 3.8) is 0 Å². The summed E-state index contributed by atoms with van der Waals surface area (Å²) in [6.07, 6.45) is 3.41. The van der Waals surface area contributed by atoms with Gasteiger partial charge in [-0.15, -0.1) is 0 Å². The SMILES string of the molecule is CCC1CCC(C)N1c1nc(C(C)(C)C)c(C(=O)O)s1. The van der Waals surface area contributed by atoms with Crippen LogP contribution in [0.15, 0.2) is 0 Å². The molecule has 20 heavy (non-hydrogen) atoms. The lowest BCUT2D eigenvalue weighted by atomic mass is 9.91. The minimum absolute atomic E-state index is 0.243. The molecule has 0 radical (unpaired) electrons. The summed E-state index contributed by atoms with van der Waals surface area (Å²) in [7, 11) is 0. The van der Waals surface area contributed by atoms with Gasteiger partial charge in [0.25, 0.3) is 0 Å². The number of carboxylic acids is 1. The van der Waals surface area contributed by atoms with E-state index in [0.717, 1.165) is 18.0 Å². The van der Waals surface area contributed by atoms with Gasteiger partial charge in [0.15, 0.2) is 5.13 Å². The first-order valence-corrected chi connectivity index (χ1v) is 8.10. The fourth-order valence-electron chi connectivity index (χ4n) is 2.89. The summed E-state index contributed by atoms with van der Waals surface area (Å²) < 4.78 is 0. The van der Waals surface area contributed by atoms with Crippen LogP contribution < -0.4 is 4.90 Å². The van der Waals surface area contributed by atoms with Crippen molar-refractivity contribution in [1.29, 1.82) is 0 Å². The minimum atomic E-state index is -0.862. The molecule has 0 saturated carbocycles. The summed E-state index contributed by atoms with van der Waals surface area (Å²) in [6.45, 7) is 10.4. The van der Waals surface area contributed by atoms with Gasteiger partial charge in [-0.3, -0.25) is 0 Å². The van der Waals surface area contributed by atoms with Gasteiger partial charge in [-0.25, -0.2) is 9.78 Å². The number of carbonyl (C=O) groups is 1. The highest BCUT2D eigenvalue weighted by Gasteiger charge is 2.35. The van der Waals surface area contributed by atoms with E-state index in [-0.39, 0.29) is 5.41 Å². The second-order valence-electron chi connectivity index (χ2n) is 6.63. The number of thiazole rings is 1. The van der Waals surface area contributed by atoms with Crippen molar-refractivity contribution in [3.05, 3.63) is 10.6 Å². The van der Waals surface area contributed by atoms with E-state index in [2.05, 4.69) is 18.7 Å². The summed E-state index contributed by atoms with van der Waals surface area (Å²) in [6, 6.07) is 0.936. The molecule has 1 aliphatic heterocycles. The highest BCUT2D eigenvalue weighted by atomic mass is 32.1. The summed E-state index contributed by atoms with van der Waals surface area (Å²) in [5.41, 5.74) is 0.464. The highest BCUT2D eigenvalue weighted by Crippen LogP contribution is 2.39. The van der Waals surface area contributed by atoms with Crippen LogP contribution in [0.5, 0.6) is 0 Å². The van der Waals surface area contributed by atoms with Gasteiger partial charge in [-0.1, -0.05) is 39.0 Å². The molecule has 0 aromatic carbocycles. The quantitative estimate of drug-likeness (QED) is 0.919. The normalized spacial score (nSPS) is 23.4. The van der Waals surface area contributed by atoms with Crippen LogP contribution in [-0.2, 0) is 5.41 Å². The fraction of sp³-hybridized carbons (Fsp3) is 0.733. The number of carboxylic acid groups (broad SMARTS) is 1. The monoisotopic (exact) mass is 296 g/mol. The predicted octanol–water partition coefficient (Wildman–Crippen LogP) is 3.91. The average molecular weight is 296 g/mol. The van der Waals surface area contributed by atoms with Crippen LogP contribution in [0.3, 0.4) is 0 Å². The molecule has 0 bridgehead atoms. The van der Waals surface area contributed by atoms with E-state index in [1.54, 1.807) is 0 Å². The number of rotatable bonds is 3. The van der Waals surface area contributed by atoms with Crippen LogP contribution in [0.25, 0.3) is 0 Å². The van der Waals surface area contributed by atoms with Crippen molar-refractivity contribution in [2.24, 2.45) is 0 Å². The molecule has 4 nitrogen and oxygen atoms in total. The van der Waals surface area contributed by atoms with Crippen LogP contribution >= 0.6 is 11.3 Å². The van der Waals surface area contributed by atoms with Gasteiger partial charge < -0.3 is 10.0 Å². The number of anilines is 1. The maximum atomic E-state index is 11.5. The lowest BCUT2D eigenvalue weighted by Gasteiger charge is -2.27. The van der Waals surface area contributed by atoms with Crippen molar-refractivity contribution in [3.8, 4) is 0 Å². The molecule has 2 unspecified atom stereocenters. The minimum Gasteiger partial charge on any atom is -0.477 e. The zero-order valence-electron chi connectivity index (χ0n) is 12.9. The standard InChI is InChI=1S/C15H24N2O2S/c1-6-10-8-7-9(2)17(10)14-16-12(15(3,4)5)11(20-14)13(18)19/h9-10H,6-8H2,1-5H3,(H,18,19). The van der Waals surface area contributed by atoms with Crippen molar-refractivity contribution >= 4 is 22.4 Å². The summed E-state index contributed by atoms with van der Waals surface area (Å²) >= 11 is 1.33. The van der Waals surface area contributed by atoms with Crippen LogP contribution in [0.4, 0.5) is 5.13 Å². The Morgan fingerprint density at radius 2 is 2.10 bits per heavy atom. The first kappa shape index (κ1) is 15.3. The highest BCUT2D eigenvalue weighted by molar-refractivity contribution is 7.17. The first-order chi connectivity index (χ1) is 9.25. The van der Waals surface area contributed by atoms with E-state index in [4.69, 9.17) is 4.98 Å². The molecule has 1 saturated heterocycles. The van der Waals surface area contributed by atoms with Gasteiger partial charge in [0, 0.05) is 17.5 Å². The molecule has 112 valence electrons. The molecule has 2 rings (SSSR count). The predicted molar refractivity (Wildman–Crippen MR) is 83.0 cm³/mol. The Morgan fingerprint density at radius 1 is 1.45 bits per heavy atom. The Morgan fingerprint density at radius 3 is 2.55 bits per heavy atom. The van der Waals surface area contributed by atoms with Crippen molar-refractivity contribution in [2.75, 3.05) is 4.90 Å². The maximum absolute atomic E-state index is 11.5. The Bertz CT molecular complexity index is 504. The van der Waals surface area contributed by atoms with E-state index in [9.17, 15) is 9.90 Å². The van der Waals surface area contributed by atoms with Crippen molar-refractivity contribution in [1.82, 2.24) is 4.98 Å². The van der Waals surface area contributed by atoms with Crippen LogP contribution in [0.2, 0.25) is 0 Å². The third-order valence-corrected chi connectivity index (χ3v) is 5.06. The van der Waals surface area contributed by atoms with Gasteiger partial charge in [-0.05, 0) is 26.2 Å².